The summed E-state index contributed by atoms with van der Waals surface area (Å²) in [5.74, 6) is -1.08. The molecule has 7 heteroatoms. The maximum atomic E-state index is 10.6. The van der Waals surface area contributed by atoms with E-state index in [0.717, 1.165) is 18.2 Å². The highest BCUT2D eigenvalue weighted by Crippen LogP contribution is 2.35. The lowest BCUT2D eigenvalue weighted by molar-refractivity contribution is -0.385. The summed E-state index contributed by atoms with van der Waals surface area (Å²) >= 11 is 0. The number of ether oxygens (including phenoxy) is 1. The smallest absolute Gasteiger partial charge is 0.274 e. The zero-order valence-electron chi connectivity index (χ0n) is 8.91. The van der Waals surface area contributed by atoms with Crippen LogP contribution in [0.5, 0.6) is 11.5 Å². The molecule has 17 heavy (non-hydrogen) atoms. The number of aromatic hydroxyl groups is 1. The first kappa shape index (κ1) is 12.5. The van der Waals surface area contributed by atoms with Crippen LogP contribution in [0, 0.1) is 10.1 Å². The number of hydrogen-bond acceptors (Lipinski definition) is 5. The summed E-state index contributed by atoms with van der Waals surface area (Å²) in [6, 6.07) is 2.19. The Morgan fingerprint density at radius 1 is 1.59 bits per heavy atom. The van der Waals surface area contributed by atoms with Crippen molar-refractivity contribution in [3.63, 3.8) is 0 Å². The Balaban J connectivity index is 3.32. The van der Waals surface area contributed by atoms with Crippen LogP contribution in [0.3, 0.4) is 0 Å². The van der Waals surface area contributed by atoms with Gasteiger partial charge in [-0.25, -0.2) is 0 Å². The van der Waals surface area contributed by atoms with E-state index < -0.39 is 10.8 Å². The molecular weight excluding hydrogens is 228 g/mol. The van der Waals surface area contributed by atoms with E-state index in [-0.39, 0.29) is 22.7 Å². The topological polar surface area (TPSA) is 116 Å². The van der Waals surface area contributed by atoms with Crippen molar-refractivity contribution in [3.8, 4) is 11.5 Å². The monoisotopic (exact) mass is 238 g/mol. The van der Waals surface area contributed by atoms with Crippen LogP contribution >= 0.6 is 0 Å². The molecule has 0 saturated carbocycles. The molecule has 0 fully saturated rings. The van der Waals surface area contributed by atoms with Crippen molar-refractivity contribution >= 4 is 17.7 Å². The Morgan fingerprint density at radius 3 is 2.71 bits per heavy atom. The van der Waals surface area contributed by atoms with Crippen molar-refractivity contribution in [1.29, 1.82) is 0 Å². The van der Waals surface area contributed by atoms with Crippen LogP contribution in [0.25, 0.3) is 6.08 Å². The van der Waals surface area contributed by atoms with Gasteiger partial charge in [-0.15, -0.1) is 0 Å². The fourth-order valence-corrected chi connectivity index (χ4v) is 1.17. The summed E-state index contributed by atoms with van der Waals surface area (Å²) in [6.45, 7) is 0. The van der Waals surface area contributed by atoms with Gasteiger partial charge in [0.05, 0.1) is 18.1 Å². The van der Waals surface area contributed by atoms with Crippen molar-refractivity contribution < 1.29 is 19.6 Å². The number of hydrogen-bond donors (Lipinski definition) is 2. The average Bonchev–Trinajstić information content (AvgIpc) is 2.27. The van der Waals surface area contributed by atoms with Gasteiger partial charge < -0.3 is 15.6 Å². The van der Waals surface area contributed by atoms with Gasteiger partial charge in [0, 0.05) is 17.7 Å². The van der Waals surface area contributed by atoms with E-state index in [0.29, 0.717) is 0 Å². The number of amides is 1. The molecule has 0 bridgehead atoms. The van der Waals surface area contributed by atoms with Crippen LogP contribution in [0.15, 0.2) is 18.2 Å². The van der Waals surface area contributed by atoms with Gasteiger partial charge in [-0.2, -0.15) is 0 Å². The number of phenols is 1. The number of primary amides is 1. The maximum Gasteiger partial charge on any atom is 0.274 e. The molecule has 1 aromatic rings. The number of rotatable bonds is 4. The predicted molar refractivity (Wildman–Crippen MR) is 59.5 cm³/mol. The highest BCUT2D eigenvalue weighted by Gasteiger charge is 2.15. The van der Waals surface area contributed by atoms with Crippen molar-refractivity contribution in [2.75, 3.05) is 7.11 Å². The number of phenolic OH excluding ortho intramolecular Hbond substituents is 1. The minimum absolute atomic E-state index is 0.0525. The zero-order valence-corrected chi connectivity index (χ0v) is 8.91. The summed E-state index contributed by atoms with van der Waals surface area (Å²) in [4.78, 5) is 20.5. The number of benzene rings is 1. The summed E-state index contributed by atoms with van der Waals surface area (Å²) in [5.41, 5.74) is 4.70. The van der Waals surface area contributed by atoms with Gasteiger partial charge in [0.25, 0.3) is 5.69 Å². The minimum atomic E-state index is -0.727. The molecule has 0 atom stereocenters. The number of nitrogens with two attached hydrogens (primary N) is 1. The van der Waals surface area contributed by atoms with Crippen LogP contribution in [0.1, 0.15) is 5.56 Å². The molecule has 3 N–H and O–H groups in total. The third-order valence-corrected chi connectivity index (χ3v) is 1.95. The number of non-ortho nitro benzene ring substituents is 1. The van der Waals surface area contributed by atoms with Gasteiger partial charge in [-0.3, -0.25) is 14.9 Å². The van der Waals surface area contributed by atoms with Crippen molar-refractivity contribution in [3.05, 3.63) is 33.9 Å². The SMILES string of the molecule is COc1cc([N+](=O)[O-])cc(/C=C\C(N)=O)c1O. The van der Waals surface area contributed by atoms with Crippen molar-refractivity contribution in [2.45, 2.75) is 0 Å². The summed E-state index contributed by atoms with van der Waals surface area (Å²) in [5, 5.41) is 20.3. The third-order valence-electron chi connectivity index (χ3n) is 1.95. The van der Waals surface area contributed by atoms with Crippen molar-refractivity contribution in [2.24, 2.45) is 5.73 Å². The molecule has 0 spiro atoms. The van der Waals surface area contributed by atoms with E-state index in [2.05, 4.69) is 0 Å². The summed E-state index contributed by atoms with van der Waals surface area (Å²) in [6.07, 6.45) is 2.16. The number of nitrogens with zero attached hydrogens (tertiary/aromatic N) is 1. The Kier molecular flexibility index (Phi) is 3.66. The number of carbonyl (C=O) groups excluding carboxylic acids is 1. The van der Waals surface area contributed by atoms with E-state index in [1.807, 2.05) is 0 Å². The first-order valence-corrected chi connectivity index (χ1v) is 4.48. The third kappa shape index (κ3) is 2.94. The molecule has 0 aliphatic carbocycles. The molecule has 0 aliphatic heterocycles. The zero-order chi connectivity index (χ0) is 13.0. The molecule has 0 saturated heterocycles. The van der Waals surface area contributed by atoms with Gasteiger partial charge in [0.2, 0.25) is 5.91 Å². The Morgan fingerprint density at radius 2 is 2.24 bits per heavy atom. The van der Waals surface area contributed by atoms with Crippen LogP contribution in [-0.4, -0.2) is 23.0 Å². The second kappa shape index (κ2) is 4.97. The number of nitro groups is 1. The fourth-order valence-electron chi connectivity index (χ4n) is 1.17. The predicted octanol–water partition coefficient (Wildman–Crippen LogP) is 0.807. The highest BCUT2D eigenvalue weighted by molar-refractivity contribution is 5.91. The molecule has 0 aromatic heterocycles. The normalized spacial score (nSPS) is 10.4. The largest absolute Gasteiger partial charge is 0.504 e. The molecule has 7 nitrogen and oxygen atoms in total. The second-order valence-electron chi connectivity index (χ2n) is 3.08. The number of carbonyl (C=O) groups is 1. The minimum Gasteiger partial charge on any atom is -0.504 e. The van der Waals surface area contributed by atoms with Crippen molar-refractivity contribution in [1.82, 2.24) is 0 Å². The summed E-state index contributed by atoms with van der Waals surface area (Å²) in [7, 11) is 1.26. The molecule has 0 unspecified atom stereocenters. The number of nitro benzene ring substituents is 1. The Labute approximate surface area is 96.3 Å². The summed E-state index contributed by atoms with van der Waals surface area (Å²) < 4.78 is 4.78. The average molecular weight is 238 g/mol. The lowest BCUT2D eigenvalue weighted by Crippen LogP contribution is -2.05. The Hall–Kier alpha value is -2.57. The molecule has 1 amide bonds. The molecule has 0 aliphatic rings. The van der Waals surface area contributed by atoms with Gasteiger partial charge in [0.1, 0.15) is 0 Å². The van der Waals surface area contributed by atoms with E-state index in [4.69, 9.17) is 10.5 Å². The molecule has 1 aromatic carbocycles. The first-order valence-electron chi connectivity index (χ1n) is 4.48. The van der Waals surface area contributed by atoms with Gasteiger partial charge in [-0.1, -0.05) is 0 Å². The molecule has 1 rings (SSSR count). The first-order chi connectivity index (χ1) is 7.95. The standard InChI is InChI=1S/C10H10N2O5/c1-17-8-5-7(12(15)16)4-6(10(8)14)2-3-9(11)13/h2-5,14H,1H3,(H2,11,13)/b3-2-. The van der Waals surface area contributed by atoms with Crippen LogP contribution in [0.4, 0.5) is 5.69 Å². The Bertz CT molecular complexity index is 496. The quantitative estimate of drug-likeness (QED) is 0.457. The van der Waals surface area contributed by atoms with E-state index >= 15 is 0 Å². The van der Waals surface area contributed by atoms with Gasteiger partial charge in [0.15, 0.2) is 11.5 Å². The van der Waals surface area contributed by atoms with Gasteiger partial charge in [-0.05, 0) is 6.08 Å². The maximum absolute atomic E-state index is 10.6. The van der Waals surface area contributed by atoms with Crippen LogP contribution < -0.4 is 10.5 Å². The lowest BCUT2D eigenvalue weighted by atomic mass is 10.1. The van der Waals surface area contributed by atoms with Crippen LogP contribution in [-0.2, 0) is 4.79 Å². The van der Waals surface area contributed by atoms with E-state index in [1.54, 1.807) is 0 Å². The van der Waals surface area contributed by atoms with E-state index in [9.17, 15) is 20.0 Å². The van der Waals surface area contributed by atoms with E-state index in [1.165, 1.54) is 13.2 Å². The molecule has 0 heterocycles. The second-order valence-corrected chi connectivity index (χ2v) is 3.08. The van der Waals surface area contributed by atoms with Crippen LogP contribution in [0.2, 0.25) is 0 Å². The lowest BCUT2D eigenvalue weighted by Gasteiger charge is -2.05. The van der Waals surface area contributed by atoms with Gasteiger partial charge >= 0.3 is 0 Å². The molecular formula is C10H10N2O5. The highest BCUT2D eigenvalue weighted by atomic mass is 16.6. The molecule has 90 valence electrons. The number of methoxy groups -OCH3 is 1. The molecule has 0 radical (unpaired) electrons. The fraction of sp³-hybridized carbons (Fsp3) is 0.100.